The second-order valence-corrected chi connectivity index (χ2v) is 6.11. The van der Waals surface area contributed by atoms with Crippen LogP contribution in [0.25, 0.3) is 0 Å². The predicted octanol–water partition coefficient (Wildman–Crippen LogP) is 1.48. The van der Waals surface area contributed by atoms with Crippen LogP contribution in [-0.4, -0.2) is 37.5 Å². The van der Waals surface area contributed by atoms with Gasteiger partial charge in [-0.3, -0.25) is 0 Å². The molecule has 0 unspecified atom stereocenters. The summed E-state index contributed by atoms with van der Waals surface area (Å²) in [7, 11) is -3.99. The molecule has 0 radical (unpaired) electrons. The van der Waals surface area contributed by atoms with Crippen LogP contribution in [0.15, 0.2) is 23.1 Å². The summed E-state index contributed by atoms with van der Waals surface area (Å²) in [5.41, 5.74) is -0.494. The molecule has 0 saturated carbocycles. The van der Waals surface area contributed by atoms with Crippen LogP contribution in [0.3, 0.4) is 0 Å². The van der Waals surface area contributed by atoms with Crippen LogP contribution in [0, 0.1) is 17.1 Å². The topological polar surface area (TPSA) is 81.4 Å². The summed E-state index contributed by atoms with van der Waals surface area (Å²) < 4.78 is 39.5. The van der Waals surface area contributed by atoms with Crippen molar-refractivity contribution in [2.24, 2.45) is 0 Å². The van der Waals surface area contributed by atoms with E-state index in [4.69, 9.17) is 10.4 Å². The third-order valence-electron chi connectivity index (χ3n) is 2.82. The van der Waals surface area contributed by atoms with Gasteiger partial charge in [-0.2, -0.15) is 9.57 Å². The minimum absolute atomic E-state index is 0.0796. The number of nitrogens with zero attached hydrogens (tertiary/aromatic N) is 2. The number of aliphatic hydroxyl groups is 1. The van der Waals surface area contributed by atoms with E-state index in [-0.39, 0.29) is 24.6 Å². The van der Waals surface area contributed by atoms with E-state index >= 15 is 0 Å². The SMILES string of the molecule is CCCCN(CCO)S(=O)(=O)c1cccc(F)c1C#N. The lowest BCUT2D eigenvalue weighted by Gasteiger charge is -2.21. The van der Waals surface area contributed by atoms with E-state index in [9.17, 15) is 12.8 Å². The lowest BCUT2D eigenvalue weighted by Crippen LogP contribution is -2.35. The summed E-state index contributed by atoms with van der Waals surface area (Å²) in [5, 5.41) is 17.9. The van der Waals surface area contributed by atoms with Crippen LogP contribution < -0.4 is 0 Å². The highest BCUT2D eigenvalue weighted by atomic mass is 32.2. The molecule has 1 aromatic carbocycles. The zero-order valence-electron chi connectivity index (χ0n) is 11.2. The molecule has 110 valence electrons. The second-order valence-electron chi connectivity index (χ2n) is 4.21. The second kappa shape index (κ2) is 7.33. The number of sulfonamides is 1. The van der Waals surface area contributed by atoms with Crippen molar-refractivity contribution in [2.45, 2.75) is 24.7 Å². The Balaban J connectivity index is 3.26. The number of hydrogen-bond donors (Lipinski definition) is 1. The van der Waals surface area contributed by atoms with Crippen LogP contribution >= 0.6 is 0 Å². The third kappa shape index (κ3) is 3.54. The molecule has 0 amide bonds. The number of rotatable bonds is 7. The number of aliphatic hydroxyl groups excluding tert-OH is 1. The average Bonchev–Trinajstić information content (AvgIpc) is 2.42. The summed E-state index contributed by atoms with van der Waals surface area (Å²) in [4.78, 5) is -0.357. The molecule has 0 aromatic heterocycles. The highest BCUT2D eigenvalue weighted by Gasteiger charge is 2.27. The molecule has 20 heavy (non-hydrogen) atoms. The largest absolute Gasteiger partial charge is 0.395 e. The maximum atomic E-state index is 13.5. The predicted molar refractivity (Wildman–Crippen MR) is 71.9 cm³/mol. The minimum atomic E-state index is -3.99. The highest BCUT2D eigenvalue weighted by molar-refractivity contribution is 7.89. The van der Waals surface area contributed by atoms with Crippen LogP contribution in [-0.2, 0) is 10.0 Å². The molecule has 0 aliphatic rings. The first-order chi connectivity index (χ1) is 9.48. The first-order valence-electron chi connectivity index (χ1n) is 6.28. The molecule has 0 aliphatic heterocycles. The Morgan fingerprint density at radius 1 is 1.40 bits per heavy atom. The molecule has 0 saturated heterocycles. The maximum Gasteiger partial charge on any atom is 0.244 e. The average molecular weight is 300 g/mol. The van der Waals surface area contributed by atoms with E-state index in [1.165, 1.54) is 12.1 Å². The van der Waals surface area contributed by atoms with Gasteiger partial charge in [0.2, 0.25) is 10.0 Å². The lowest BCUT2D eigenvalue weighted by molar-refractivity contribution is 0.252. The van der Waals surface area contributed by atoms with E-state index in [0.717, 1.165) is 16.8 Å². The maximum absolute atomic E-state index is 13.5. The molecule has 0 bridgehead atoms. The van der Waals surface area contributed by atoms with Gasteiger partial charge in [0.15, 0.2) is 0 Å². The summed E-state index contributed by atoms with van der Waals surface area (Å²) in [6.07, 6.45) is 1.40. The first-order valence-corrected chi connectivity index (χ1v) is 7.72. The zero-order chi connectivity index (χ0) is 15.2. The molecular formula is C13H17FN2O3S. The van der Waals surface area contributed by atoms with Crippen molar-refractivity contribution in [3.8, 4) is 6.07 Å². The van der Waals surface area contributed by atoms with E-state index < -0.39 is 21.4 Å². The Hall–Kier alpha value is -1.49. The summed E-state index contributed by atoms with van der Waals surface area (Å²) in [6, 6.07) is 5.07. The lowest BCUT2D eigenvalue weighted by atomic mass is 10.2. The van der Waals surface area contributed by atoms with E-state index in [0.29, 0.717) is 6.42 Å². The van der Waals surface area contributed by atoms with Crippen molar-refractivity contribution in [2.75, 3.05) is 19.7 Å². The van der Waals surface area contributed by atoms with E-state index in [2.05, 4.69) is 0 Å². The van der Waals surface area contributed by atoms with Crippen molar-refractivity contribution in [3.05, 3.63) is 29.6 Å². The quantitative estimate of drug-likeness (QED) is 0.827. The van der Waals surface area contributed by atoms with Crippen molar-refractivity contribution in [1.29, 1.82) is 5.26 Å². The van der Waals surface area contributed by atoms with Crippen LogP contribution in [0.1, 0.15) is 25.3 Å². The van der Waals surface area contributed by atoms with Gasteiger partial charge >= 0.3 is 0 Å². The van der Waals surface area contributed by atoms with Gasteiger partial charge in [0.1, 0.15) is 22.3 Å². The third-order valence-corrected chi connectivity index (χ3v) is 4.76. The fraction of sp³-hybridized carbons (Fsp3) is 0.462. The number of nitriles is 1. The Labute approximate surface area is 118 Å². The van der Waals surface area contributed by atoms with Gasteiger partial charge in [-0.05, 0) is 18.6 Å². The highest BCUT2D eigenvalue weighted by Crippen LogP contribution is 2.22. The Morgan fingerprint density at radius 2 is 2.10 bits per heavy atom. The van der Waals surface area contributed by atoms with Crippen LogP contribution in [0.5, 0.6) is 0 Å². The molecule has 0 spiro atoms. The minimum Gasteiger partial charge on any atom is -0.395 e. The molecule has 5 nitrogen and oxygen atoms in total. The Morgan fingerprint density at radius 3 is 2.65 bits per heavy atom. The molecule has 0 aliphatic carbocycles. The standard InChI is InChI=1S/C13H17FN2O3S/c1-2-3-7-16(8-9-17)20(18,19)13-6-4-5-12(14)11(13)10-15/h4-6,17H,2-3,7-9H2,1H3. The van der Waals surface area contributed by atoms with Gasteiger partial charge in [-0.1, -0.05) is 19.4 Å². The van der Waals surface area contributed by atoms with Gasteiger partial charge in [-0.15, -0.1) is 0 Å². The fourth-order valence-corrected chi connectivity index (χ4v) is 3.39. The van der Waals surface area contributed by atoms with Crippen molar-refractivity contribution in [3.63, 3.8) is 0 Å². The van der Waals surface area contributed by atoms with E-state index in [1.54, 1.807) is 6.07 Å². The summed E-state index contributed by atoms with van der Waals surface area (Å²) in [5.74, 6) is -0.868. The number of halogens is 1. The summed E-state index contributed by atoms with van der Waals surface area (Å²) >= 11 is 0. The van der Waals surface area contributed by atoms with Crippen molar-refractivity contribution < 1.29 is 17.9 Å². The van der Waals surface area contributed by atoms with E-state index in [1.807, 2.05) is 6.92 Å². The molecule has 1 aromatic rings. The zero-order valence-corrected chi connectivity index (χ0v) is 12.0. The molecule has 0 atom stereocenters. The molecule has 0 heterocycles. The van der Waals surface area contributed by atoms with Gasteiger partial charge in [0.25, 0.3) is 0 Å². The Kier molecular flexibility index (Phi) is 6.07. The molecule has 7 heteroatoms. The Bertz CT molecular complexity index is 596. The molecule has 1 N–H and O–H groups in total. The molecular weight excluding hydrogens is 283 g/mol. The van der Waals surface area contributed by atoms with Crippen molar-refractivity contribution >= 4 is 10.0 Å². The number of unbranched alkanes of at least 4 members (excludes halogenated alkanes) is 1. The van der Waals surface area contributed by atoms with Crippen LogP contribution in [0.4, 0.5) is 4.39 Å². The van der Waals surface area contributed by atoms with Gasteiger partial charge in [0.05, 0.1) is 6.61 Å². The summed E-state index contributed by atoms with van der Waals surface area (Å²) in [6.45, 7) is 1.72. The van der Waals surface area contributed by atoms with Crippen LogP contribution in [0.2, 0.25) is 0 Å². The first kappa shape index (κ1) is 16.6. The number of hydrogen-bond acceptors (Lipinski definition) is 4. The fourth-order valence-electron chi connectivity index (χ4n) is 1.77. The number of benzene rings is 1. The van der Waals surface area contributed by atoms with Crippen molar-refractivity contribution in [1.82, 2.24) is 4.31 Å². The van der Waals surface area contributed by atoms with Gasteiger partial charge in [0, 0.05) is 13.1 Å². The van der Waals surface area contributed by atoms with Gasteiger partial charge < -0.3 is 5.11 Å². The smallest absolute Gasteiger partial charge is 0.244 e. The molecule has 1 rings (SSSR count). The monoisotopic (exact) mass is 300 g/mol. The normalized spacial score (nSPS) is 11.6. The molecule has 0 fully saturated rings. The van der Waals surface area contributed by atoms with Gasteiger partial charge in [-0.25, -0.2) is 12.8 Å².